The Morgan fingerprint density at radius 1 is 1.18 bits per heavy atom. The molecule has 1 fully saturated rings. The molecule has 0 spiro atoms. The third kappa shape index (κ3) is 3.51. The molecular weight excluding hydrogens is 298 g/mol. The van der Waals surface area contributed by atoms with Crippen molar-refractivity contribution in [2.24, 2.45) is 0 Å². The second-order valence-corrected chi connectivity index (χ2v) is 5.94. The van der Waals surface area contributed by atoms with Crippen LogP contribution < -0.4 is 10.2 Å². The highest BCUT2D eigenvalue weighted by Crippen LogP contribution is 2.27. The van der Waals surface area contributed by atoms with Gasteiger partial charge in [0.05, 0.1) is 11.8 Å². The Hall–Kier alpha value is -1.78. The van der Waals surface area contributed by atoms with E-state index in [1.807, 2.05) is 36.4 Å². The van der Waals surface area contributed by atoms with Gasteiger partial charge in [0.25, 0.3) is 0 Å². The molecule has 2 heterocycles. The van der Waals surface area contributed by atoms with E-state index < -0.39 is 0 Å². The number of hydrogen-bond donors (Lipinski definition) is 2. The first kappa shape index (κ1) is 15.1. The number of aliphatic hydroxyl groups excluding tert-OH is 1. The lowest BCUT2D eigenvalue weighted by Gasteiger charge is -2.31. The number of halogens is 1. The third-order valence-corrected chi connectivity index (χ3v) is 4.35. The highest BCUT2D eigenvalue weighted by atomic mass is 35.5. The molecule has 22 heavy (non-hydrogen) atoms. The molecule has 0 saturated carbocycles. The summed E-state index contributed by atoms with van der Waals surface area (Å²) in [6, 6.07) is 11.8. The zero-order chi connectivity index (χ0) is 15.4. The topological polar surface area (TPSA) is 48.4 Å². The molecule has 5 heteroatoms. The van der Waals surface area contributed by atoms with Crippen LogP contribution in [0.3, 0.4) is 0 Å². The number of benzene rings is 1. The van der Waals surface area contributed by atoms with E-state index >= 15 is 0 Å². The van der Waals surface area contributed by atoms with Crippen molar-refractivity contribution in [3.8, 4) is 0 Å². The molecule has 0 unspecified atom stereocenters. The molecule has 0 amide bonds. The molecule has 0 radical (unpaired) electrons. The molecule has 116 valence electrons. The van der Waals surface area contributed by atoms with Gasteiger partial charge in [-0.1, -0.05) is 29.8 Å². The largest absolute Gasteiger partial charge is 0.393 e. The molecule has 2 aromatic rings. The fraction of sp³-hybridized carbons (Fsp3) is 0.353. The highest BCUT2D eigenvalue weighted by Gasteiger charge is 2.20. The standard InChI is InChI=1S/C17H20ClN3O/c18-15-5-2-1-4-13(15)12-20-16-6-3-9-19-17(16)21-10-7-14(22)8-11-21/h1-6,9,14,20,22H,7-8,10-12H2. The predicted octanol–water partition coefficient (Wildman–Crippen LogP) is 3.31. The lowest BCUT2D eigenvalue weighted by Crippen LogP contribution is -2.36. The van der Waals surface area contributed by atoms with Crippen LogP contribution in [0.15, 0.2) is 42.6 Å². The van der Waals surface area contributed by atoms with Gasteiger partial charge in [0.15, 0.2) is 5.82 Å². The average molecular weight is 318 g/mol. The van der Waals surface area contributed by atoms with Gasteiger partial charge >= 0.3 is 0 Å². The molecule has 0 atom stereocenters. The van der Waals surface area contributed by atoms with Crippen molar-refractivity contribution < 1.29 is 5.11 Å². The molecular formula is C17H20ClN3O. The number of rotatable bonds is 4. The Balaban J connectivity index is 1.73. The first-order valence-electron chi connectivity index (χ1n) is 7.59. The van der Waals surface area contributed by atoms with Gasteiger partial charge in [-0.2, -0.15) is 0 Å². The summed E-state index contributed by atoms with van der Waals surface area (Å²) in [5.41, 5.74) is 2.06. The van der Waals surface area contributed by atoms with E-state index in [0.29, 0.717) is 6.54 Å². The summed E-state index contributed by atoms with van der Waals surface area (Å²) < 4.78 is 0. The van der Waals surface area contributed by atoms with Gasteiger partial charge in [-0.05, 0) is 36.6 Å². The van der Waals surface area contributed by atoms with Crippen LogP contribution in [0.1, 0.15) is 18.4 Å². The first-order valence-corrected chi connectivity index (χ1v) is 7.97. The molecule has 0 aliphatic carbocycles. The quantitative estimate of drug-likeness (QED) is 0.908. The van der Waals surface area contributed by atoms with Gasteiger partial charge in [-0.15, -0.1) is 0 Å². The molecule has 2 N–H and O–H groups in total. The summed E-state index contributed by atoms with van der Waals surface area (Å²) in [6.45, 7) is 2.33. The van der Waals surface area contributed by atoms with E-state index in [2.05, 4.69) is 15.2 Å². The predicted molar refractivity (Wildman–Crippen MR) is 90.5 cm³/mol. The molecule has 1 aliphatic rings. The van der Waals surface area contributed by atoms with Crippen LogP contribution in [0.25, 0.3) is 0 Å². The Morgan fingerprint density at radius 3 is 2.73 bits per heavy atom. The molecule has 1 aromatic carbocycles. The summed E-state index contributed by atoms with van der Waals surface area (Å²) in [6.07, 6.45) is 3.21. The normalized spacial score (nSPS) is 15.8. The van der Waals surface area contributed by atoms with Gasteiger partial charge < -0.3 is 15.3 Å². The minimum Gasteiger partial charge on any atom is -0.393 e. The average Bonchev–Trinajstić information content (AvgIpc) is 2.55. The Kier molecular flexibility index (Phi) is 4.80. The van der Waals surface area contributed by atoms with E-state index in [1.54, 1.807) is 6.20 Å². The minimum absolute atomic E-state index is 0.181. The van der Waals surface area contributed by atoms with Crippen LogP contribution in [-0.2, 0) is 6.54 Å². The van der Waals surface area contributed by atoms with Gasteiger partial charge in [-0.25, -0.2) is 4.98 Å². The van der Waals surface area contributed by atoms with Gasteiger partial charge in [-0.3, -0.25) is 0 Å². The van der Waals surface area contributed by atoms with Crippen LogP contribution in [0, 0.1) is 0 Å². The van der Waals surface area contributed by atoms with Gasteiger partial charge in [0.1, 0.15) is 0 Å². The number of nitrogens with zero attached hydrogens (tertiary/aromatic N) is 2. The fourth-order valence-electron chi connectivity index (χ4n) is 2.70. The van der Waals surface area contributed by atoms with Crippen molar-refractivity contribution in [1.29, 1.82) is 0 Å². The molecule has 3 rings (SSSR count). The monoisotopic (exact) mass is 317 g/mol. The summed E-state index contributed by atoms with van der Waals surface area (Å²) in [5.74, 6) is 0.946. The summed E-state index contributed by atoms with van der Waals surface area (Å²) in [5, 5.41) is 13.8. The third-order valence-electron chi connectivity index (χ3n) is 3.98. The van der Waals surface area contributed by atoms with Crippen molar-refractivity contribution in [3.63, 3.8) is 0 Å². The Labute approximate surface area is 135 Å². The van der Waals surface area contributed by atoms with Crippen molar-refractivity contribution >= 4 is 23.1 Å². The van der Waals surface area contributed by atoms with Crippen LogP contribution in [0.4, 0.5) is 11.5 Å². The summed E-state index contributed by atoms with van der Waals surface area (Å²) in [4.78, 5) is 6.73. The second-order valence-electron chi connectivity index (χ2n) is 5.54. The van der Waals surface area contributed by atoms with E-state index in [9.17, 15) is 5.11 Å². The molecule has 1 saturated heterocycles. The van der Waals surface area contributed by atoms with Crippen LogP contribution in [0.2, 0.25) is 5.02 Å². The lowest BCUT2D eigenvalue weighted by atomic mass is 10.1. The second kappa shape index (κ2) is 6.99. The van der Waals surface area contributed by atoms with Crippen molar-refractivity contribution in [2.45, 2.75) is 25.5 Å². The van der Waals surface area contributed by atoms with Crippen molar-refractivity contribution in [2.75, 3.05) is 23.3 Å². The smallest absolute Gasteiger partial charge is 0.151 e. The van der Waals surface area contributed by atoms with Crippen LogP contribution in [0.5, 0.6) is 0 Å². The number of anilines is 2. The zero-order valence-electron chi connectivity index (χ0n) is 12.4. The molecule has 1 aromatic heterocycles. The molecule has 0 bridgehead atoms. The fourth-order valence-corrected chi connectivity index (χ4v) is 2.90. The van der Waals surface area contributed by atoms with E-state index in [-0.39, 0.29) is 6.10 Å². The number of nitrogens with one attached hydrogen (secondary N) is 1. The SMILES string of the molecule is OC1CCN(c2ncccc2NCc2ccccc2Cl)CC1. The Morgan fingerprint density at radius 2 is 1.95 bits per heavy atom. The number of hydrogen-bond acceptors (Lipinski definition) is 4. The van der Waals surface area contributed by atoms with Crippen LogP contribution >= 0.6 is 11.6 Å². The van der Waals surface area contributed by atoms with E-state index in [4.69, 9.17) is 11.6 Å². The number of pyridine rings is 1. The number of aromatic nitrogens is 1. The van der Waals surface area contributed by atoms with Crippen molar-refractivity contribution in [3.05, 3.63) is 53.2 Å². The van der Waals surface area contributed by atoms with Gasteiger partial charge in [0.2, 0.25) is 0 Å². The lowest BCUT2D eigenvalue weighted by molar-refractivity contribution is 0.145. The highest BCUT2D eigenvalue weighted by molar-refractivity contribution is 6.31. The maximum Gasteiger partial charge on any atom is 0.151 e. The first-order chi connectivity index (χ1) is 10.7. The molecule has 4 nitrogen and oxygen atoms in total. The minimum atomic E-state index is -0.181. The van der Waals surface area contributed by atoms with Gasteiger partial charge in [0, 0.05) is 30.9 Å². The maximum absolute atomic E-state index is 9.65. The van der Waals surface area contributed by atoms with Crippen LogP contribution in [-0.4, -0.2) is 29.3 Å². The summed E-state index contributed by atoms with van der Waals surface area (Å²) >= 11 is 6.20. The number of piperidine rings is 1. The van der Waals surface area contributed by atoms with E-state index in [0.717, 1.165) is 48.0 Å². The Bertz CT molecular complexity index is 627. The number of aliphatic hydroxyl groups is 1. The molecule has 1 aliphatic heterocycles. The van der Waals surface area contributed by atoms with Crippen molar-refractivity contribution in [1.82, 2.24) is 4.98 Å². The summed E-state index contributed by atoms with van der Waals surface area (Å²) in [7, 11) is 0. The maximum atomic E-state index is 9.65. The van der Waals surface area contributed by atoms with E-state index in [1.165, 1.54) is 0 Å². The zero-order valence-corrected chi connectivity index (χ0v) is 13.1.